The monoisotopic (exact) mass is 268 g/mol. The number of anilines is 1. The summed E-state index contributed by atoms with van der Waals surface area (Å²) in [6, 6.07) is 0. The maximum absolute atomic E-state index is 12.0. The zero-order valence-electron chi connectivity index (χ0n) is 9.72. The number of aryl methyl sites for hydroxylation is 1. The number of carbonyl (C=O) groups is 1. The largest absolute Gasteiger partial charge is 0.296 e. The molecule has 0 saturated carbocycles. The topological polar surface area (TPSA) is 67.8 Å². The van der Waals surface area contributed by atoms with Crippen molar-refractivity contribution < 1.29 is 4.79 Å². The molecule has 0 unspecified atom stereocenters. The Balaban J connectivity index is 2.19. The summed E-state index contributed by atoms with van der Waals surface area (Å²) in [6.45, 7) is 5.97. The molecule has 0 spiro atoms. The molecule has 0 saturated heterocycles. The highest BCUT2D eigenvalue weighted by Crippen LogP contribution is 2.25. The Hall–Kier alpha value is -1.34. The first kappa shape index (κ1) is 12.1. The second kappa shape index (κ2) is 4.89. The standard InChI is InChI=1S/C10H12N4OS2/c1-5(2)9-12-6(3)7(17-9)8(15)13-10-14-11-4-16-10/h4-5H,1-3H3,(H,13,14,15). The Morgan fingerprint density at radius 3 is 2.76 bits per heavy atom. The molecule has 0 aliphatic heterocycles. The van der Waals surface area contributed by atoms with Gasteiger partial charge in [0, 0.05) is 5.92 Å². The van der Waals surface area contributed by atoms with E-state index in [1.54, 1.807) is 5.51 Å². The second-order valence-corrected chi connectivity index (χ2v) is 5.68. The van der Waals surface area contributed by atoms with Crippen molar-refractivity contribution in [2.24, 2.45) is 0 Å². The van der Waals surface area contributed by atoms with Crippen LogP contribution < -0.4 is 5.32 Å². The maximum Gasteiger partial charge on any atom is 0.269 e. The summed E-state index contributed by atoms with van der Waals surface area (Å²) in [5.74, 6) is 0.172. The zero-order valence-corrected chi connectivity index (χ0v) is 11.4. The van der Waals surface area contributed by atoms with E-state index < -0.39 is 0 Å². The van der Waals surface area contributed by atoms with Crippen molar-refractivity contribution in [3.05, 3.63) is 21.1 Å². The van der Waals surface area contributed by atoms with Crippen LogP contribution in [-0.4, -0.2) is 21.1 Å². The number of nitrogens with zero attached hydrogens (tertiary/aromatic N) is 3. The third-order valence-corrected chi connectivity index (χ3v) is 4.16. The van der Waals surface area contributed by atoms with E-state index in [4.69, 9.17) is 0 Å². The number of amides is 1. The van der Waals surface area contributed by atoms with Crippen LogP contribution in [0.3, 0.4) is 0 Å². The van der Waals surface area contributed by atoms with Crippen LogP contribution in [0.5, 0.6) is 0 Å². The molecular weight excluding hydrogens is 256 g/mol. The smallest absolute Gasteiger partial charge is 0.269 e. The number of nitrogens with one attached hydrogen (secondary N) is 1. The number of carbonyl (C=O) groups excluding carboxylic acids is 1. The van der Waals surface area contributed by atoms with E-state index in [1.807, 2.05) is 6.92 Å². The van der Waals surface area contributed by atoms with Crippen molar-refractivity contribution in [1.82, 2.24) is 15.2 Å². The quantitative estimate of drug-likeness (QED) is 0.929. The van der Waals surface area contributed by atoms with E-state index in [1.165, 1.54) is 22.7 Å². The lowest BCUT2D eigenvalue weighted by molar-refractivity contribution is 0.102. The molecule has 0 atom stereocenters. The molecular formula is C10H12N4OS2. The summed E-state index contributed by atoms with van der Waals surface area (Å²) in [6.07, 6.45) is 0. The lowest BCUT2D eigenvalue weighted by Crippen LogP contribution is -2.11. The van der Waals surface area contributed by atoms with Crippen LogP contribution in [0.1, 0.15) is 40.1 Å². The van der Waals surface area contributed by atoms with Gasteiger partial charge >= 0.3 is 0 Å². The molecule has 0 radical (unpaired) electrons. The van der Waals surface area contributed by atoms with Crippen LogP contribution in [0.2, 0.25) is 0 Å². The molecule has 0 bridgehead atoms. The van der Waals surface area contributed by atoms with Gasteiger partial charge in [0.15, 0.2) is 0 Å². The van der Waals surface area contributed by atoms with E-state index >= 15 is 0 Å². The predicted molar refractivity (Wildman–Crippen MR) is 68.8 cm³/mol. The fourth-order valence-electron chi connectivity index (χ4n) is 1.26. The highest BCUT2D eigenvalue weighted by atomic mass is 32.1. The van der Waals surface area contributed by atoms with Crippen molar-refractivity contribution in [3.63, 3.8) is 0 Å². The Morgan fingerprint density at radius 2 is 2.24 bits per heavy atom. The summed E-state index contributed by atoms with van der Waals surface area (Å²) in [4.78, 5) is 17.0. The van der Waals surface area contributed by atoms with Crippen molar-refractivity contribution in [1.29, 1.82) is 0 Å². The molecule has 17 heavy (non-hydrogen) atoms. The number of aromatic nitrogens is 3. The van der Waals surface area contributed by atoms with Gasteiger partial charge in [0.05, 0.1) is 10.7 Å². The summed E-state index contributed by atoms with van der Waals surface area (Å²) < 4.78 is 0. The van der Waals surface area contributed by atoms with Crippen molar-refractivity contribution in [3.8, 4) is 0 Å². The second-order valence-electron chi connectivity index (χ2n) is 3.82. The summed E-state index contributed by atoms with van der Waals surface area (Å²) in [5, 5.41) is 11.6. The third-order valence-electron chi connectivity index (χ3n) is 2.09. The molecule has 2 aromatic heterocycles. The Labute approximate surface area is 107 Å². The number of hydrogen-bond donors (Lipinski definition) is 1. The van der Waals surface area contributed by atoms with Gasteiger partial charge in [-0.05, 0) is 6.92 Å². The highest BCUT2D eigenvalue weighted by molar-refractivity contribution is 7.15. The van der Waals surface area contributed by atoms with Crippen LogP contribution in [0.15, 0.2) is 5.51 Å². The molecule has 0 aromatic carbocycles. The van der Waals surface area contributed by atoms with Gasteiger partial charge in [-0.2, -0.15) is 0 Å². The minimum absolute atomic E-state index is 0.163. The molecule has 0 aliphatic rings. The van der Waals surface area contributed by atoms with Gasteiger partial charge in [-0.1, -0.05) is 25.2 Å². The van der Waals surface area contributed by atoms with Gasteiger partial charge in [-0.15, -0.1) is 21.5 Å². The van der Waals surface area contributed by atoms with Gasteiger partial charge in [-0.3, -0.25) is 10.1 Å². The molecule has 1 amide bonds. The van der Waals surface area contributed by atoms with Crippen LogP contribution in [0.4, 0.5) is 5.13 Å². The number of hydrogen-bond acceptors (Lipinski definition) is 6. The lowest BCUT2D eigenvalue weighted by Gasteiger charge is -1.98. The van der Waals surface area contributed by atoms with E-state index in [0.717, 1.165) is 10.7 Å². The van der Waals surface area contributed by atoms with Crippen LogP contribution in [-0.2, 0) is 0 Å². The molecule has 1 N–H and O–H groups in total. The van der Waals surface area contributed by atoms with Crippen LogP contribution >= 0.6 is 22.7 Å². The molecule has 2 aromatic rings. The predicted octanol–water partition coefficient (Wildman–Crippen LogP) is 2.68. The SMILES string of the molecule is Cc1nc(C(C)C)sc1C(=O)Nc1nncs1. The summed E-state index contributed by atoms with van der Waals surface area (Å²) >= 11 is 2.73. The highest BCUT2D eigenvalue weighted by Gasteiger charge is 2.17. The van der Waals surface area contributed by atoms with Crippen molar-refractivity contribution in [2.45, 2.75) is 26.7 Å². The van der Waals surface area contributed by atoms with E-state index in [2.05, 4.69) is 34.3 Å². The Kier molecular flexibility index (Phi) is 3.49. The molecule has 2 heterocycles. The molecule has 0 aliphatic carbocycles. The molecule has 5 nitrogen and oxygen atoms in total. The van der Waals surface area contributed by atoms with E-state index in [9.17, 15) is 4.79 Å². The lowest BCUT2D eigenvalue weighted by atomic mass is 10.2. The van der Waals surface area contributed by atoms with Gasteiger partial charge < -0.3 is 0 Å². The molecule has 2 rings (SSSR count). The van der Waals surface area contributed by atoms with E-state index in [-0.39, 0.29) is 5.91 Å². The number of thiazole rings is 1. The minimum atomic E-state index is -0.163. The fraction of sp³-hybridized carbons (Fsp3) is 0.400. The normalized spacial score (nSPS) is 10.8. The summed E-state index contributed by atoms with van der Waals surface area (Å²) in [5.41, 5.74) is 2.34. The first-order valence-electron chi connectivity index (χ1n) is 5.12. The van der Waals surface area contributed by atoms with Crippen molar-refractivity contribution in [2.75, 3.05) is 5.32 Å². The first-order chi connectivity index (χ1) is 8.08. The van der Waals surface area contributed by atoms with Gasteiger partial charge in [0.25, 0.3) is 5.91 Å². The zero-order chi connectivity index (χ0) is 12.4. The van der Waals surface area contributed by atoms with Crippen LogP contribution in [0.25, 0.3) is 0 Å². The molecule has 0 fully saturated rings. The average Bonchev–Trinajstić information content (AvgIpc) is 2.86. The minimum Gasteiger partial charge on any atom is -0.296 e. The fourth-order valence-corrected chi connectivity index (χ4v) is 2.66. The third kappa shape index (κ3) is 2.67. The van der Waals surface area contributed by atoms with Crippen molar-refractivity contribution >= 4 is 33.7 Å². The molecule has 90 valence electrons. The first-order valence-corrected chi connectivity index (χ1v) is 6.82. The average molecular weight is 268 g/mol. The van der Waals surface area contributed by atoms with Gasteiger partial charge in [0.1, 0.15) is 10.4 Å². The van der Waals surface area contributed by atoms with Gasteiger partial charge in [-0.25, -0.2) is 4.98 Å². The van der Waals surface area contributed by atoms with Crippen LogP contribution in [0, 0.1) is 6.92 Å². The van der Waals surface area contributed by atoms with E-state index in [0.29, 0.717) is 15.9 Å². The van der Waals surface area contributed by atoms with Gasteiger partial charge in [0.2, 0.25) is 5.13 Å². The summed E-state index contributed by atoms with van der Waals surface area (Å²) in [7, 11) is 0. The Morgan fingerprint density at radius 1 is 1.47 bits per heavy atom. The number of rotatable bonds is 3. The molecule has 7 heteroatoms. The maximum atomic E-state index is 12.0. The Bertz CT molecular complexity index is 518.